The number of hydrogen-bond acceptors (Lipinski definition) is 1. The van der Waals surface area contributed by atoms with Gasteiger partial charge < -0.3 is 4.74 Å². The highest BCUT2D eigenvalue weighted by Crippen LogP contribution is 2.05. The summed E-state index contributed by atoms with van der Waals surface area (Å²) in [4.78, 5) is 0. The van der Waals surface area contributed by atoms with E-state index in [-0.39, 0.29) is 12.4 Å². The minimum Gasteiger partial charge on any atom is -0.491 e. The highest BCUT2D eigenvalue weighted by molar-refractivity contribution is 4.93. The third-order valence-electron chi connectivity index (χ3n) is 0.432. The van der Waals surface area contributed by atoms with Crippen LogP contribution in [0.2, 0.25) is 0 Å². The lowest BCUT2D eigenvalue weighted by molar-refractivity contribution is 0.184. The summed E-state index contributed by atoms with van der Waals surface area (Å²) in [5.74, 6) is -0.162. The second-order valence-corrected chi connectivity index (χ2v) is 0.876. The van der Waals surface area contributed by atoms with Crippen molar-refractivity contribution in [2.24, 2.45) is 0 Å². The van der Waals surface area contributed by atoms with Gasteiger partial charge in [-0.2, -0.15) is 0 Å². The second kappa shape index (κ2) is 0.708. The van der Waals surface area contributed by atoms with Crippen molar-refractivity contribution in [2.45, 2.75) is 0 Å². The van der Waals surface area contributed by atoms with Gasteiger partial charge in [0.1, 0.15) is 12.9 Å². The highest BCUT2D eigenvalue weighted by atomic mass is 19.1. The van der Waals surface area contributed by atoms with Crippen LogP contribution in [0.25, 0.3) is 0 Å². The predicted molar refractivity (Wildman–Crippen MR) is 15.1 cm³/mol. The Morgan fingerprint density at radius 3 is 2.40 bits per heavy atom. The Labute approximate surface area is 29.1 Å². The van der Waals surface area contributed by atoms with Gasteiger partial charge in [0.15, 0.2) is 5.83 Å². The van der Waals surface area contributed by atoms with Crippen LogP contribution in [0.1, 0.15) is 0 Å². The molecule has 0 aliphatic carbocycles. The quantitative estimate of drug-likeness (QED) is 0.413. The molecule has 0 amide bonds. The van der Waals surface area contributed by atoms with Crippen molar-refractivity contribution in [2.75, 3.05) is 6.61 Å². The molecule has 0 radical (unpaired) electrons. The molecule has 0 aromatic rings. The van der Waals surface area contributed by atoms with Crippen LogP contribution >= 0.6 is 0 Å². The molecule has 0 N–H and O–H groups in total. The summed E-state index contributed by atoms with van der Waals surface area (Å²) in [5, 5.41) is 0. The van der Waals surface area contributed by atoms with Crippen molar-refractivity contribution in [3.05, 3.63) is 12.1 Å². The molecule has 0 aromatic heterocycles. The van der Waals surface area contributed by atoms with Gasteiger partial charge in [-0.05, 0) is 0 Å². The summed E-state index contributed by atoms with van der Waals surface area (Å²) in [5.41, 5.74) is 0. The Morgan fingerprint density at radius 2 is 2.40 bits per heavy atom. The summed E-state index contributed by atoms with van der Waals surface area (Å²) >= 11 is 0. The first-order valence-corrected chi connectivity index (χ1v) is 1.36. The van der Waals surface area contributed by atoms with Crippen molar-refractivity contribution in [3.8, 4) is 0 Å². The molecule has 1 rings (SSSR count). The Balaban J connectivity index is 2.51. The zero-order valence-electron chi connectivity index (χ0n) is 2.57. The first-order valence-electron chi connectivity index (χ1n) is 1.36. The molecule has 0 bridgehead atoms. The van der Waals surface area contributed by atoms with Crippen LogP contribution in [0.4, 0.5) is 4.39 Å². The van der Waals surface area contributed by atoms with Gasteiger partial charge in [-0.15, -0.1) is 0 Å². The Morgan fingerprint density at radius 1 is 2.00 bits per heavy atom. The zero-order valence-corrected chi connectivity index (χ0v) is 2.57. The largest absolute Gasteiger partial charge is 0.491 e. The number of rotatable bonds is 0. The Bertz CT molecular complexity index is 67.3. The lowest BCUT2D eigenvalue weighted by Crippen LogP contribution is -1.98. The van der Waals surface area contributed by atoms with Crippen molar-refractivity contribution in [3.63, 3.8) is 0 Å². The predicted octanol–water partition coefficient (Wildman–Crippen LogP) is 0.828. The summed E-state index contributed by atoms with van der Waals surface area (Å²) in [6, 6.07) is 0. The fraction of sp³-hybridized carbons (Fsp3) is 0.333. The van der Waals surface area contributed by atoms with Crippen molar-refractivity contribution >= 4 is 0 Å². The summed E-state index contributed by atoms with van der Waals surface area (Å²) in [6.07, 6.45) is 1.10. The topological polar surface area (TPSA) is 9.23 Å². The molecule has 1 heterocycles. The van der Waals surface area contributed by atoms with Gasteiger partial charge in [-0.3, -0.25) is 0 Å². The Hall–Kier alpha value is -0.530. The van der Waals surface area contributed by atoms with E-state index in [0.717, 1.165) is 6.26 Å². The molecule has 1 aliphatic rings. The van der Waals surface area contributed by atoms with E-state index in [1.807, 2.05) is 0 Å². The third-order valence-corrected chi connectivity index (χ3v) is 0.432. The van der Waals surface area contributed by atoms with Gasteiger partial charge in [-0.1, -0.05) is 0 Å². The van der Waals surface area contributed by atoms with Crippen LogP contribution < -0.4 is 0 Å². The van der Waals surface area contributed by atoms with Crippen LogP contribution in [0.5, 0.6) is 0 Å². The lowest BCUT2D eigenvalue weighted by atomic mass is 10.5. The average Bonchev–Trinajstić information content (AvgIpc) is 1.30. The van der Waals surface area contributed by atoms with E-state index in [9.17, 15) is 4.39 Å². The second-order valence-electron chi connectivity index (χ2n) is 0.876. The minimum absolute atomic E-state index is 0.162. The van der Waals surface area contributed by atoms with E-state index in [4.69, 9.17) is 0 Å². The summed E-state index contributed by atoms with van der Waals surface area (Å²) in [6.45, 7) is 0.181. The molecule has 0 aromatic carbocycles. The minimum atomic E-state index is -0.162. The first kappa shape index (κ1) is 2.69. The molecular weight excluding hydrogens is 71.0 g/mol. The summed E-state index contributed by atoms with van der Waals surface area (Å²) in [7, 11) is 0. The molecule has 5 heavy (non-hydrogen) atoms. The number of hydrogen-bond donors (Lipinski definition) is 0. The van der Waals surface area contributed by atoms with E-state index < -0.39 is 0 Å². The van der Waals surface area contributed by atoms with Gasteiger partial charge in [0, 0.05) is 0 Å². The zero-order chi connectivity index (χ0) is 3.70. The van der Waals surface area contributed by atoms with E-state index in [0.29, 0.717) is 0 Å². The molecule has 0 spiro atoms. The molecule has 1 aliphatic heterocycles. The molecule has 0 fully saturated rings. The van der Waals surface area contributed by atoms with E-state index in [1.54, 1.807) is 0 Å². The van der Waals surface area contributed by atoms with Gasteiger partial charge in [0.05, 0.1) is 0 Å². The maximum atomic E-state index is 11.3. The molecular formula is C3H3FO. The first-order chi connectivity index (χ1) is 2.39. The molecule has 1 nitrogen and oxygen atoms in total. The molecule has 0 atom stereocenters. The maximum absolute atomic E-state index is 11.3. The van der Waals surface area contributed by atoms with Crippen LogP contribution in [-0.2, 0) is 4.74 Å². The van der Waals surface area contributed by atoms with Crippen molar-refractivity contribution < 1.29 is 9.13 Å². The van der Waals surface area contributed by atoms with Gasteiger partial charge in [0.2, 0.25) is 0 Å². The van der Waals surface area contributed by atoms with E-state index in [2.05, 4.69) is 4.74 Å². The SMILES string of the molecule is FC1=COC1. The average molecular weight is 74.1 g/mol. The van der Waals surface area contributed by atoms with Crippen molar-refractivity contribution in [1.29, 1.82) is 0 Å². The lowest BCUT2D eigenvalue weighted by Gasteiger charge is -2.04. The van der Waals surface area contributed by atoms with Gasteiger partial charge in [-0.25, -0.2) is 4.39 Å². The molecule has 0 saturated carbocycles. The molecule has 28 valence electrons. The smallest absolute Gasteiger partial charge is 0.172 e. The summed E-state index contributed by atoms with van der Waals surface area (Å²) < 4.78 is 15.6. The number of ether oxygens (including phenoxy) is 1. The standard InChI is InChI=1S/C3H3FO/c4-3-1-5-2-3/h1H,2H2. The maximum Gasteiger partial charge on any atom is 0.172 e. The van der Waals surface area contributed by atoms with Crippen LogP contribution in [0, 0.1) is 0 Å². The van der Waals surface area contributed by atoms with Crippen LogP contribution in [0.15, 0.2) is 12.1 Å². The van der Waals surface area contributed by atoms with Crippen LogP contribution in [0.3, 0.4) is 0 Å². The van der Waals surface area contributed by atoms with Crippen molar-refractivity contribution in [1.82, 2.24) is 0 Å². The van der Waals surface area contributed by atoms with Crippen LogP contribution in [-0.4, -0.2) is 6.61 Å². The third kappa shape index (κ3) is 0.251. The fourth-order valence-corrected chi connectivity index (χ4v) is 0.146. The normalized spacial score (nSPS) is 19.0. The fourth-order valence-electron chi connectivity index (χ4n) is 0.146. The molecule has 0 saturated heterocycles. The molecule has 0 unspecified atom stereocenters. The monoisotopic (exact) mass is 74.0 g/mol. The number of halogens is 1. The Kier molecular flexibility index (Phi) is 0.381. The van der Waals surface area contributed by atoms with Gasteiger partial charge >= 0.3 is 0 Å². The van der Waals surface area contributed by atoms with Gasteiger partial charge in [0.25, 0.3) is 0 Å². The van der Waals surface area contributed by atoms with E-state index in [1.165, 1.54) is 0 Å². The highest BCUT2D eigenvalue weighted by Gasteiger charge is 2.01. The van der Waals surface area contributed by atoms with E-state index >= 15 is 0 Å². The molecule has 2 heteroatoms.